The van der Waals surface area contributed by atoms with Crippen molar-refractivity contribution in [2.24, 2.45) is 0 Å². The van der Waals surface area contributed by atoms with E-state index in [2.05, 4.69) is 5.32 Å². The van der Waals surface area contributed by atoms with E-state index < -0.39 is 12.0 Å². The first-order valence-corrected chi connectivity index (χ1v) is 7.78. The fourth-order valence-electron chi connectivity index (χ4n) is 1.98. The number of nitrogens with zero attached hydrogens (tertiary/aromatic N) is 1. The first-order chi connectivity index (χ1) is 10.1. The molecule has 0 radical (unpaired) electrons. The van der Waals surface area contributed by atoms with Crippen LogP contribution in [0.15, 0.2) is 24.3 Å². The SMILES string of the molecule is Cc1cccc(OCCNC(=O)N2CSC[C@H]2C(=O)O)c1. The van der Waals surface area contributed by atoms with Gasteiger partial charge < -0.3 is 20.1 Å². The molecule has 6 nitrogen and oxygen atoms in total. The molecule has 1 heterocycles. The third-order valence-electron chi connectivity index (χ3n) is 3.06. The van der Waals surface area contributed by atoms with Gasteiger partial charge in [-0.05, 0) is 24.6 Å². The van der Waals surface area contributed by atoms with Crippen LogP contribution in [0.5, 0.6) is 5.75 Å². The van der Waals surface area contributed by atoms with E-state index in [-0.39, 0.29) is 6.03 Å². The number of hydrogen-bond acceptors (Lipinski definition) is 4. The van der Waals surface area contributed by atoms with E-state index in [0.717, 1.165) is 11.3 Å². The van der Waals surface area contributed by atoms with Gasteiger partial charge in [-0.1, -0.05) is 12.1 Å². The second-order valence-corrected chi connectivity index (χ2v) is 5.72. The Morgan fingerprint density at radius 1 is 1.52 bits per heavy atom. The zero-order valence-electron chi connectivity index (χ0n) is 11.7. The molecular formula is C14H18N2O4S. The van der Waals surface area contributed by atoms with Crippen LogP contribution in [-0.2, 0) is 4.79 Å². The highest BCUT2D eigenvalue weighted by atomic mass is 32.2. The van der Waals surface area contributed by atoms with E-state index >= 15 is 0 Å². The van der Waals surface area contributed by atoms with E-state index in [1.807, 2.05) is 31.2 Å². The highest BCUT2D eigenvalue weighted by Crippen LogP contribution is 2.20. The molecule has 21 heavy (non-hydrogen) atoms. The van der Waals surface area contributed by atoms with Crippen LogP contribution in [0.25, 0.3) is 0 Å². The van der Waals surface area contributed by atoms with Crippen molar-refractivity contribution in [2.75, 3.05) is 24.8 Å². The molecule has 0 aromatic heterocycles. The zero-order valence-corrected chi connectivity index (χ0v) is 12.6. The predicted octanol–water partition coefficient (Wildman–Crippen LogP) is 1.54. The lowest BCUT2D eigenvalue weighted by molar-refractivity contribution is -0.140. The number of aryl methyl sites for hydroxylation is 1. The van der Waals surface area contributed by atoms with Crippen molar-refractivity contribution in [2.45, 2.75) is 13.0 Å². The Labute approximate surface area is 127 Å². The number of hydrogen-bond donors (Lipinski definition) is 2. The van der Waals surface area contributed by atoms with E-state index in [4.69, 9.17) is 9.84 Å². The number of carboxylic acids is 1. The number of carboxylic acid groups (broad SMARTS) is 1. The molecule has 2 amide bonds. The summed E-state index contributed by atoms with van der Waals surface area (Å²) < 4.78 is 5.52. The first kappa shape index (κ1) is 15.5. The molecule has 1 aromatic carbocycles. The van der Waals surface area contributed by atoms with E-state index in [1.165, 1.54) is 16.7 Å². The van der Waals surface area contributed by atoms with Crippen molar-refractivity contribution in [3.63, 3.8) is 0 Å². The maximum Gasteiger partial charge on any atom is 0.327 e. The Morgan fingerprint density at radius 3 is 3.05 bits per heavy atom. The third-order valence-corrected chi connectivity index (χ3v) is 4.08. The summed E-state index contributed by atoms with van der Waals surface area (Å²) in [6, 6.07) is 6.55. The quantitative estimate of drug-likeness (QED) is 0.807. The van der Waals surface area contributed by atoms with Gasteiger partial charge in [-0.15, -0.1) is 11.8 Å². The number of rotatable bonds is 5. The van der Waals surface area contributed by atoms with Gasteiger partial charge in [0.05, 0.1) is 12.4 Å². The molecule has 0 unspecified atom stereocenters. The smallest absolute Gasteiger partial charge is 0.327 e. The van der Waals surface area contributed by atoms with Crippen molar-refractivity contribution in [3.05, 3.63) is 29.8 Å². The maximum atomic E-state index is 11.9. The van der Waals surface area contributed by atoms with Gasteiger partial charge in [0.25, 0.3) is 0 Å². The van der Waals surface area contributed by atoms with Crippen molar-refractivity contribution >= 4 is 23.8 Å². The highest BCUT2D eigenvalue weighted by molar-refractivity contribution is 7.99. The topological polar surface area (TPSA) is 78.9 Å². The second-order valence-electron chi connectivity index (χ2n) is 4.72. The summed E-state index contributed by atoms with van der Waals surface area (Å²) in [6.45, 7) is 2.65. The molecule has 0 spiro atoms. The monoisotopic (exact) mass is 310 g/mol. The Balaban J connectivity index is 1.73. The summed E-state index contributed by atoms with van der Waals surface area (Å²) in [4.78, 5) is 24.2. The lowest BCUT2D eigenvalue weighted by Gasteiger charge is -2.20. The number of amides is 2. The number of ether oxygens (including phenoxy) is 1. The fraction of sp³-hybridized carbons (Fsp3) is 0.429. The highest BCUT2D eigenvalue weighted by Gasteiger charge is 2.34. The van der Waals surface area contributed by atoms with Crippen LogP contribution in [0, 0.1) is 6.92 Å². The zero-order chi connectivity index (χ0) is 15.2. The molecule has 1 aliphatic rings. The molecule has 0 saturated carbocycles. The number of aliphatic carboxylic acids is 1. The normalized spacial score (nSPS) is 17.6. The Hall–Kier alpha value is -1.89. The van der Waals surface area contributed by atoms with E-state index in [1.54, 1.807) is 0 Å². The standard InChI is InChI=1S/C14H18N2O4S/c1-10-3-2-4-11(7-10)20-6-5-15-14(19)16-9-21-8-12(16)13(17)18/h2-4,7,12H,5-6,8-9H2,1H3,(H,15,19)(H,17,18)/t12-/m0/s1. The van der Waals surface area contributed by atoms with Gasteiger partial charge in [-0.25, -0.2) is 9.59 Å². The summed E-state index contributed by atoms with van der Waals surface area (Å²) in [5.41, 5.74) is 1.11. The molecule has 0 aliphatic carbocycles. The second kappa shape index (κ2) is 7.21. The van der Waals surface area contributed by atoms with Crippen LogP contribution in [0.2, 0.25) is 0 Å². The fourth-order valence-corrected chi connectivity index (χ4v) is 3.13. The van der Waals surface area contributed by atoms with Gasteiger partial charge in [0, 0.05) is 5.75 Å². The van der Waals surface area contributed by atoms with Crippen molar-refractivity contribution in [1.82, 2.24) is 10.2 Å². The summed E-state index contributed by atoms with van der Waals surface area (Å²) in [7, 11) is 0. The lowest BCUT2D eigenvalue weighted by atomic mass is 10.2. The molecule has 0 bridgehead atoms. The molecule has 2 N–H and O–H groups in total. The summed E-state index contributed by atoms with van der Waals surface area (Å²) in [5, 5.41) is 11.7. The van der Waals surface area contributed by atoms with Gasteiger partial charge in [0.1, 0.15) is 18.4 Å². The molecule has 1 atom stereocenters. The molecule has 7 heteroatoms. The van der Waals surface area contributed by atoms with Crippen LogP contribution in [0.3, 0.4) is 0 Å². The number of carbonyl (C=O) groups is 2. The Kier molecular flexibility index (Phi) is 5.32. The molecule has 1 fully saturated rings. The van der Waals surface area contributed by atoms with E-state index in [0.29, 0.717) is 24.8 Å². The maximum absolute atomic E-state index is 11.9. The average Bonchev–Trinajstić information content (AvgIpc) is 2.93. The van der Waals surface area contributed by atoms with Gasteiger partial charge in [0.15, 0.2) is 0 Å². The van der Waals surface area contributed by atoms with Gasteiger partial charge in [-0.3, -0.25) is 0 Å². The van der Waals surface area contributed by atoms with Crippen LogP contribution in [-0.4, -0.2) is 52.8 Å². The Bertz CT molecular complexity index is 523. The molecule has 2 rings (SSSR count). The number of nitrogens with one attached hydrogen (secondary N) is 1. The number of carbonyl (C=O) groups excluding carboxylic acids is 1. The molecule has 1 aromatic rings. The number of thioether (sulfide) groups is 1. The van der Waals surface area contributed by atoms with Crippen LogP contribution in [0.4, 0.5) is 4.79 Å². The van der Waals surface area contributed by atoms with Gasteiger partial charge in [-0.2, -0.15) is 0 Å². The first-order valence-electron chi connectivity index (χ1n) is 6.62. The largest absolute Gasteiger partial charge is 0.492 e. The van der Waals surface area contributed by atoms with Crippen LogP contribution >= 0.6 is 11.8 Å². The van der Waals surface area contributed by atoms with E-state index in [9.17, 15) is 9.59 Å². The summed E-state index contributed by atoms with van der Waals surface area (Å²) >= 11 is 1.44. The minimum atomic E-state index is -0.967. The van der Waals surface area contributed by atoms with Crippen LogP contribution < -0.4 is 10.1 Å². The lowest BCUT2D eigenvalue weighted by Crippen LogP contribution is -2.47. The summed E-state index contributed by atoms with van der Waals surface area (Å²) in [5.74, 6) is 0.625. The predicted molar refractivity (Wildman–Crippen MR) is 80.7 cm³/mol. The van der Waals surface area contributed by atoms with Gasteiger partial charge in [0.2, 0.25) is 0 Å². The van der Waals surface area contributed by atoms with Crippen LogP contribution in [0.1, 0.15) is 5.56 Å². The summed E-state index contributed by atoms with van der Waals surface area (Å²) in [6.07, 6.45) is 0. The number of benzene rings is 1. The molecule has 114 valence electrons. The molecular weight excluding hydrogens is 292 g/mol. The minimum absolute atomic E-state index is 0.334. The van der Waals surface area contributed by atoms with Crippen molar-refractivity contribution < 1.29 is 19.4 Å². The third kappa shape index (κ3) is 4.29. The minimum Gasteiger partial charge on any atom is -0.492 e. The molecule has 1 saturated heterocycles. The number of urea groups is 1. The average molecular weight is 310 g/mol. The van der Waals surface area contributed by atoms with Crippen molar-refractivity contribution in [3.8, 4) is 5.75 Å². The van der Waals surface area contributed by atoms with Crippen molar-refractivity contribution in [1.29, 1.82) is 0 Å². The molecule has 1 aliphatic heterocycles. The Morgan fingerprint density at radius 2 is 2.33 bits per heavy atom. The van der Waals surface area contributed by atoms with Gasteiger partial charge >= 0.3 is 12.0 Å².